The van der Waals surface area contributed by atoms with Crippen molar-refractivity contribution in [3.05, 3.63) is 48.5 Å². The van der Waals surface area contributed by atoms with Crippen LogP contribution in [0, 0.1) is 0 Å². The molecule has 6 heteroatoms. The first-order chi connectivity index (χ1) is 9.59. The number of sulfonamides is 1. The average molecular weight is 306 g/mol. The summed E-state index contributed by atoms with van der Waals surface area (Å²) in [7, 11) is -3.56. The van der Waals surface area contributed by atoms with Gasteiger partial charge in [0, 0.05) is 22.9 Å². The standard InChI is InChI=1S/C14H14N2O2S2/c15-11-4-3-5-12(10-11)20(17,18)16-8-9-19-14-7-2-1-6-13(14)16/h1-7,10H,8-9,15H2. The van der Waals surface area contributed by atoms with Crippen LogP contribution in [0.2, 0.25) is 0 Å². The summed E-state index contributed by atoms with van der Waals surface area (Å²) in [4.78, 5) is 1.23. The fraction of sp³-hybridized carbons (Fsp3) is 0.143. The highest BCUT2D eigenvalue weighted by atomic mass is 32.2. The molecule has 1 heterocycles. The molecule has 0 radical (unpaired) electrons. The predicted molar refractivity (Wildman–Crippen MR) is 82.6 cm³/mol. The average Bonchev–Trinajstić information content (AvgIpc) is 2.46. The smallest absolute Gasteiger partial charge is 0.264 e. The zero-order valence-electron chi connectivity index (χ0n) is 10.7. The van der Waals surface area contributed by atoms with E-state index in [4.69, 9.17) is 5.73 Å². The lowest BCUT2D eigenvalue weighted by Crippen LogP contribution is -2.35. The van der Waals surface area contributed by atoms with Gasteiger partial charge in [-0.2, -0.15) is 0 Å². The molecule has 2 N–H and O–H groups in total. The Morgan fingerprint density at radius 2 is 1.90 bits per heavy atom. The first-order valence-electron chi connectivity index (χ1n) is 6.19. The molecule has 0 saturated heterocycles. The van der Waals surface area contributed by atoms with Crippen molar-refractivity contribution in [2.75, 3.05) is 22.3 Å². The topological polar surface area (TPSA) is 63.4 Å². The van der Waals surface area contributed by atoms with Crippen LogP contribution in [0.15, 0.2) is 58.3 Å². The number of nitrogens with two attached hydrogens (primary N) is 1. The summed E-state index contributed by atoms with van der Waals surface area (Å²) in [5.41, 5.74) is 6.88. The van der Waals surface area contributed by atoms with Crippen LogP contribution < -0.4 is 10.0 Å². The monoisotopic (exact) mass is 306 g/mol. The Bertz CT molecular complexity index is 744. The van der Waals surface area contributed by atoms with Crippen LogP contribution in [0.4, 0.5) is 11.4 Å². The molecular weight excluding hydrogens is 292 g/mol. The van der Waals surface area contributed by atoms with Crippen molar-refractivity contribution in [1.82, 2.24) is 0 Å². The number of hydrogen-bond acceptors (Lipinski definition) is 4. The summed E-state index contributed by atoms with van der Waals surface area (Å²) in [6, 6.07) is 14.0. The molecule has 0 saturated carbocycles. The van der Waals surface area contributed by atoms with E-state index in [0.717, 1.165) is 16.3 Å². The number of nitrogens with zero attached hydrogens (tertiary/aromatic N) is 1. The van der Waals surface area contributed by atoms with E-state index in [2.05, 4.69) is 0 Å². The van der Waals surface area contributed by atoms with E-state index in [1.54, 1.807) is 30.0 Å². The molecule has 104 valence electrons. The van der Waals surface area contributed by atoms with Crippen LogP contribution in [0.3, 0.4) is 0 Å². The van der Waals surface area contributed by atoms with Crippen molar-refractivity contribution in [1.29, 1.82) is 0 Å². The van der Waals surface area contributed by atoms with Crippen molar-refractivity contribution >= 4 is 33.2 Å². The molecule has 0 aliphatic carbocycles. The number of nitrogen functional groups attached to an aromatic ring is 1. The Labute approximate surface area is 122 Å². The van der Waals surface area contributed by atoms with Gasteiger partial charge in [-0.3, -0.25) is 4.31 Å². The lowest BCUT2D eigenvalue weighted by atomic mass is 10.3. The number of anilines is 2. The number of hydrogen-bond donors (Lipinski definition) is 1. The van der Waals surface area contributed by atoms with Crippen LogP contribution in [0.5, 0.6) is 0 Å². The van der Waals surface area contributed by atoms with Gasteiger partial charge in [0.05, 0.1) is 10.6 Å². The van der Waals surface area contributed by atoms with Crippen LogP contribution >= 0.6 is 11.8 Å². The highest BCUT2D eigenvalue weighted by molar-refractivity contribution is 8.00. The molecule has 2 aromatic carbocycles. The Morgan fingerprint density at radius 1 is 1.10 bits per heavy atom. The van der Waals surface area contributed by atoms with Gasteiger partial charge >= 0.3 is 0 Å². The van der Waals surface area contributed by atoms with Crippen LogP contribution in [-0.2, 0) is 10.0 Å². The van der Waals surface area contributed by atoms with Crippen molar-refractivity contribution in [3.63, 3.8) is 0 Å². The van der Waals surface area contributed by atoms with E-state index in [-0.39, 0.29) is 4.90 Å². The third-order valence-corrected chi connectivity index (χ3v) is 5.98. The first-order valence-corrected chi connectivity index (χ1v) is 8.62. The second kappa shape index (κ2) is 5.03. The lowest BCUT2D eigenvalue weighted by molar-refractivity contribution is 0.591. The maximum atomic E-state index is 12.8. The Hall–Kier alpha value is -1.66. The van der Waals surface area contributed by atoms with Crippen LogP contribution in [0.1, 0.15) is 0 Å². The highest BCUT2D eigenvalue weighted by Crippen LogP contribution is 2.37. The van der Waals surface area contributed by atoms with Gasteiger partial charge in [-0.1, -0.05) is 18.2 Å². The van der Waals surface area contributed by atoms with Crippen LogP contribution in [-0.4, -0.2) is 20.7 Å². The molecule has 1 aliphatic heterocycles. The second-order valence-electron chi connectivity index (χ2n) is 4.47. The van der Waals surface area contributed by atoms with E-state index >= 15 is 0 Å². The number of para-hydroxylation sites is 1. The van der Waals surface area contributed by atoms with Crippen molar-refractivity contribution < 1.29 is 8.42 Å². The molecule has 0 fully saturated rings. The minimum Gasteiger partial charge on any atom is -0.399 e. The molecule has 0 unspecified atom stereocenters. The van der Waals surface area contributed by atoms with Gasteiger partial charge < -0.3 is 5.73 Å². The van der Waals surface area contributed by atoms with Gasteiger partial charge in [-0.25, -0.2) is 8.42 Å². The minimum absolute atomic E-state index is 0.235. The first kappa shape index (κ1) is 13.3. The largest absolute Gasteiger partial charge is 0.399 e. The minimum atomic E-state index is -3.56. The quantitative estimate of drug-likeness (QED) is 0.866. The van der Waals surface area contributed by atoms with Gasteiger partial charge in [0.2, 0.25) is 0 Å². The molecule has 0 amide bonds. The van der Waals surface area contributed by atoms with Crippen molar-refractivity contribution in [2.45, 2.75) is 9.79 Å². The second-order valence-corrected chi connectivity index (χ2v) is 7.46. The molecule has 0 atom stereocenters. The number of thioether (sulfide) groups is 1. The third kappa shape index (κ3) is 2.25. The summed E-state index contributed by atoms with van der Waals surface area (Å²) in [6.45, 7) is 0.471. The van der Waals surface area contributed by atoms with Gasteiger partial charge in [-0.15, -0.1) is 11.8 Å². The number of rotatable bonds is 2. The van der Waals surface area contributed by atoms with Crippen molar-refractivity contribution in [3.8, 4) is 0 Å². The molecule has 0 aromatic heterocycles. The molecule has 3 rings (SSSR count). The molecule has 1 aliphatic rings. The summed E-state index contributed by atoms with van der Waals surface area (Å²) < 4.78 is 27.0. The number of fused-ring (bicyclic) bond motifs is 1. The third-order valence-electron chi connectivity index (χ3n) is 3.13. The Kier molecular flexibility index (Phi) is 3.35. The zero-order chi connectivity index (χ0) is 14.2. The fourth-order valence-electron chi connectivity index (χ4n) is 2.20. The molecule has 0 spiro atoms. The summed E-state index contributed by atoms with van der Waals surface area (Å²) >= 11 is 1.68. The van der Waals surface area contributed by atoms with Gasteiger partial charge in [0.25, 0.3) is 10.0 Å². The van der Waals surface area contributed by atoms with Crippen molar-refractivity contribution in [2.24, 2.45) is 0 Å². The van der Waals surface area contributed by atoms with Gasteiger partial charge in [0.1, 0.15) is 0 Å². The van der Waals surface area contributed by atoms with E-state index in [0.29, 0.717) is 12.2 Å². The summed E-state index contributed by atoms with van der Waals surface area (Å²) in [5, 5.41) is 0. The summed E-state index contributed by atoms with van der Waals surface area (Å²) in [5.74, 6) is 0.749. The van der Waals surface area contributed by atoms with E-state index < -0.39 is 10.0 Å². The lowest BCUT2D eigenvalue weighted by Gasteiger charge is -2.30. The maximum absolute atomic E-state index is 12.8. The molecule has 20 heavy (non-hydrogen) atoms. The zero-order valence-corrected chi connectivity index (χ0v) is 12.3. The predicted octanol–water partition coefficient (Wildman–Crippen LogP) is 2.57. The van der Waals surface area contributed by atoms with Gasteiger partial charge in [0.15, 0.2) is 0 Å². The number of benzene rings is 2. The molecule has 4 nitrogen and oxygen atoms in total. The van der Waals surface area contributed by atoms with Gasteiger partial charge in [-0.05, 0) is 30.3 Å². The SMILES string of the molecule is Nc1cccc(S(=O)(=O)N2CCSc3ccccc32)c1. The highest BCUT2D eigenvalue weighted by Gasteiger charge is 2.29. The van der Waals surface area contributed by atoms with E-state index in [1.807, 2.05) is 24.3 Å². The van der Waals surface area contributed by atoms with Crippen LogP contribution in [0.25, 0.3) is 0 Å². The molecule has 0 bridgehead atoms. The fourth-order valence-corrected chi connectivity index (χ4v) is 4.90. The summed E-state index contributed by atoms with van der Waals surface area (Å²) in [6.07, 6.45) is 0. The molecular formula is C14H14N2O2S2. The molecule has 2 aromatic rings. The Balaban J connectivity index is 2.10. The normalized spacial score (nSPS) is 14.9. The maximum Gasteiger partial charge on any atom is 0.264 e. The van der Waals surface area contributed by atoms with E-state index in [1.165, 1.54) is 10.4 Å². The Morgan fingerprint density at radius 3 is 2.70 bits per heavy atom. The van der Waals surface area contributed by atoms with E-state index in [9.17, 15) is 8.42 Å².